The Kier molecular flexibility index (Phi) is 5.37. The molecule has 2 rings (SSSR count). The van der Waals surface area contributed by atoms with Crippen LogP contribution in [-0.2, 0) is 6.54 Å². The summed E-state index contributed by atoms with van der Waals surface area (Å²) in [5.41, 5.74) is 0.955. The summed E-state index contributed by atoms with van der Waals surface area (Å²) in [5, 5.41) is 10.5. The van der Waals surface area contributed by atoms with E-state index in [4.69, 9.17) is 23.2 Å². The summed E-state index contributed by atoms with van der Waals surface area (Å²) < 4.78 is 0. The largest absolute Gasteiger partial charge is 0.505 e. The van der Waals surface area contributed by atoms with Gasteiger partial charge >= 0.3 is 0 Å². The topological polar surface area (TPSA) is 23.5 Å². The van der Waals surface area contributed by atoms with Crippen LogP contribution in [0.1, 0.15) is 44.6 Å². The van der Waals surface area contributed by atoms with Crippen molar-refractivity contribution < 1.29 is 5.11 Å². The van der Waals surface area contributed by atoms with Crippen molar-refractivity contribution >= 4 is 23.2 Å². The first-order valence-corrected chi connectivity index (χ1v) is 7.79. The zero-order valence-corrected chi connectivity index (χ0v) is 12.8. The van der Waals surface area contributed by atoms with Crippen LogP contribution in [-0.4, -0.2) is 22.6 Å². The normalized spacial score (nSPS) is 17.1. The van der Waals surface area contributed by atoms with Crippen molar-refractivity contribution in [2.45, 2.75) is 51.6 Å². The second-order valence-corrected chi connectivity index (χ2v) is 6.01. The van der Waals surface area contributed by atoms with Gasteiger partial charge in [0, 0.05) is 12.6 Å². The van der Waals surface area contributed by atoms with Crippen LogP contribution in [0.15, 0.2) is 12.1 Å². The predicted molar refractivity (Wildman–Crippen MR) is 81.1 cm³/mol. The highest BCUT2D eigenvalue weighted by Gasteiger charge is 2.21. The molecule has 1 N–H and O–H groups in total. The Labute approximate surface area is 125 Å². The highest BCUT2D eigenvalue weighted by molar-refractivity contribution is 6.37. The standard InChI is InChI=1S/C15H21Cl2NO/c1-2-18(12-6-4-3-5-7-12)10-11-8-9-13(16)15(19)14(11)17/h8-9,12,19H,2-7,10H2,1H3. The minimum absolute atomic E-state index is 0.000491. The lowest BCUT2D eigenvalue weighted by molar-refractivity contribution is 0.156. The van der Waals surface area contributed by atoms with E-state index in [1.165, 1.54) is 32.1 Å². The molecule has 4 heteroatoms. The zero-order chi connectivity index (χ0) is 13.8. The van der Waals surface area contributed by atoms with Gasteiger partial charge in [0.15, 0.2) is 5.75 Å². The van der Waals surface area contributed by atoms with Crippen LogP contribution in [0.3, 0.4) is 0 Å². The number of halogens is 2. The molecule has 0 spiro atoms. The van der Waals surface area contributed by atoms with Crippen LogP contribution in [0.5, 0.6) is 5.75 Å². The van der Waals surface area contributed by atoms with Gasteiger partial charge in [0.2, 0.25) is 0 Å². The third-order valence-corrected chi connectivity index (χ3v) is 4.74. The van der Waals surface area contributed by atoms with Crippen molar-refractivity contribution in [1.29, 1.82) is 0 Å². The minimum atomic E-state index is 0.000491. The predicted octanol–water partition coefficient (Wildman–Crippen LogP) is 4.85. The van der Waals surface area contributed by atoms with Crippen molar-refractivity contribution in [3.8, 4) is 5.75 Å². The molecular formula is C15H21Cl2NO. The van der Waals surface area contributed by atoms with Crippen molar-refractivity contribution in [3.63, 3.8) is 0 Å². The van der Waals surface area contributed by atoms with E-state index < -0.39 is 0 Å². The zero-order valence-electron chi connectivity index (χ0n) is 11.3. The Morgan fingerprint density at radius 3 is 2.53 bits per heavy atom. The number of hydrogen-bond acceptors (Lipinski definition) is 2. The molecule has 0 unspecified atom stereocenters. The summed E-state index contributed by atoms with van der Waals surface area (Å²) in [4.78, 5) is 2.45. The highest BCUT2D eigenvalue weighted by atomic mass is 35.5. The summed E-state index contributed by atoms with van der Waals surface area (Å²) in [6, 6.07) is 4.27. The van der Waals surface area contributed by atoms with Gasteiger partial charge in [0.05, 0.1) is 10.0 Å². The molecule has 1 saturated carbocycles. The molecule has 0 bridgehead atoms. The van der Waals surface area contributed by atoms with Gasteiger partial charge in [-0.2, -0.15) is 0 Å². The first kappa shape index (κ1) is 15.0. The van der Waals surface area contributed by atoms with Gasteiger partial charge in [-0.3, -0.25) is 4.90 Å². The lowest BCUT2D eigenvalue weighted by Gasteiger charge is -2.33. The number of phenols is 1. The molecule has 2 nitrogen and oxygen atoms in total. The van der Waals surface area contributed by atoms with E-state index in [0.717, 1.165) is 18.7 Å². The molecule has 0 amide bonds. The Balaban J connectivity index is 2.11. The molecule has 0 atom stereocenters. The second-order valence-electron chi connectivity index (χ2n) is 5.22. The molecule has 106 valence electrons. The summed E-state index contributed by atoms with van der Waals surface area (Å²) in [5.74, 6) is 0.000491. The molecule has 1 aliphatic carbocycles. The first-order valence-electron chi connectivity index (χ1n) is 7.03. The average Bonchev–Trinajstić information content (AvgIpc) is 2.45. The van der Waals surface area contributed by atoms with Crippen LogP contribution in [0.2, 0.25) is 10.0 Å². The molecular weight excluding hydrogens is 281 g/mol. The van der Waals surface area contributed by atoms with Crippen LogP contribution in [0.4, 0.5) is 0 Å². The van der Waals surface area contributed by atoms with Gasteiger partial charge in [-0.25, -0.2) is 0 Å². The first-order chi connectivity index (χ1) is 9.13. The molecule has 0 heterocycles. The van der Waals surface area contributed by atoms with Gasteiger partial charge in [0.25, 0.3) is 0 Å². The van der Waals surface area contributed by atoms with E-state index in [2.05, 4.69) is 11.8 Å². The van der Waals surface area contributed by atoms with E-state index in [1.807, 2.05) is 6.07 Å². The van der Waals surface area contributed by atoms with Crippen LogP contribution in [0, 0.1) is 0 Å². The fraction of sp³-hybridized carbons (Fsp3) is 0.600. The van der Waals surface area contributed by atoms with Crippen LogP contribution in [0.25, 0.3) is 0 Å². The molecule has 0 aliphatic heterocycles. The fourth-order valence-corrected chi connectivity index (χ4v) is 3.30. The molecule has 1 fully saturated rings. The Bertz CT molecular complexity index is 430. The molecule has 1 aromatic carbocycles. The summed E-state index contributed by atoms with van der Waals surface area (Å²) in [6.45, 7) is 3.97. The SMILES string of the molecule is CCN(Cc1ccc(Cl)c(O)c1Cl)C1CCCCC1. The molecule has 0 aromatic heterocycles. The van der Waals surface area contributed by atoms with E-state index in [9.17, 15) is 5.11 Å². The summed E-state index contributed by atoms with van der Waals surface area (Å²) in [6.07, 6.45) is 6.54. The molecule has 0 radical (unpaired) electrons. The van der Waals surface area contributed by atoms with E-state index in [1.54, 1.807) is 6.07 Å². The average molecular weight is 302 g/mol. The number of rotatable bonds is 4. The van der Waals surface area contributed by atoms with Gasteiger partial charge in [-0.15, -0.1) is 0 Å². The molecule has 1 aromatic rings. The van der Waals surface area contributed by atoms with E-state index >= 15 is 0 Å². The number of hydrogen-bond donors (Lipinski definition) is 1. The Morgan fingerprint density at radius 2 is 1.89 bits per heavy atom. The van der Waals surface area contributed by atoms with Crippen LogP contribution < -0.4 is 0 Å². The number of phenolic OH excluding ortho intramolecular Hbond substituents is 1. The second kappa shape index (κ2) is 6.83. The van der Waals surface area contributed by atoms with Gasteiger partial charge < -0.3 is 5.11 Å². The smallest absolute Gasteiger partial charge is 0.153 e. The van der Waals surface area contributed by atoms with Crippen molar-refractivity contribution in [3.05, 3.63) is 27.7 Å². The molecule has 1 aliphatic rings. The maximum Gasteiger partial charge on any atom is 0.153 e. The Hall–Kier alpha value is -0.440. The lowest BCUT2D eigenvalue weighted by atomic mass is 9.94. The Morgan fingerprint density at radius 1 is 1.21 bits per heavy atom. The number of nitrogens with zero attached hydrogens (tertiary/aromatic N) is 1. The van der Waals surface area contributed by atoms with E-state index in [0.29, 0.717) is 16.1 Å². The maximum absolute atomic E-state index is 9.80. The summed E-state index contributed by atoms with van der Waals surface area (Å²) >= 11 is 12.0. The molecule has 0 saturated heterocycles. The monoisotopic (exact) mass is 301 g/mol. The number of benzene rings is 1. The maximum atomic E-state index is 9.80. The highest BCUT2D eigenvalue weighted by Crippen LogP contribution is 2.35. The fourth-order valence-electron chi connectivity index (χ4n) is 2.87. The van der Waals surface area contributed by atoms with Crippen molar-refractivity contribution in [1.82, 2.24) is 4.90 Å². The lowest BCUT2D eigenvalue weighted by Crippen LogP contribution is -2.36. The minimum Gasteiger partial charge on any atom is -0.505 e. The van der Waals surface area contributed by atoms with Crippen molar-refractivity contribution in [2.24, 2.45) is 0 Å². The third kappa shape index (κ3) is 3.56. The quantitative estimate of drug-likeness (QED) is 0.859. The van der Waals surface area contributed by atoms with E-state index in [-0.39, 0.29) is 5.75 Å². The van der Waals surface area contributed by atoms with Gasteiger partial charge in [0.1, 0.15) is 0 Å². The third-order valence-electron chi connectivity index (χ3n) is 4.02. The van der Waals surface area contributed by atoms with Crippen molar-refractivity contribution in [2.75, 3.05) is 6.54 Å². The molecule has 19 heavy (non-hydrogen) atoms. The number of aromatic hydroxyl groups is 1. The van der Waals surface area contributed by atoms with Crippen LogP contribution >= 0.6 is 23.2 Å². The van der Waals surface area contributed by atoms with Gasteiger partial charge in [-0.1, -0.05) is 55.5 Å². The summed E-state index contributed by atoms with van der Waals surface area (Å²) in [7, 11) is 0. The van der Waals surface area contributed by atoms with Gasteiger partial charge in [-0.05, 0) is 31.0 Å².